The second-order valence-corrected chi connectivity index (χ2v) is 7.26. The van der Waals surface area contributed by atoms with Gasteiger partial charge >= 0.3 is 12.1 Å². The van der Waals surface area contributed by atoms with Crippen LogP contribution in [-0.4, -0.2) is 39.8 Å². The van der Waals surface area contributed by atoms with Crippen LogP contribution < -0.4 is 5.32 Å². The summed E-state index contributed by atoms with van der Waals surface area (Å²) < 4.78 is 47.2. The quantitative estimate of drug-likeness (QED) is 0.598. The van der Waals surface area contributed by atoms with Crippen molar-refractivity contribution in [2.24, 2.45) is 7.05 Å². The van der Waals surface area contributed by atoms with Crippen molar-refractivity contribution in [1.29, 1.82) is 0 Å². The van der Waals surface area contributed by atoms with Gasteiger partial charge in [-0.05, 0) is 17.7 Å². The van der Waals surface area contributed by atoms with Crippen LogP contribution in [0.5, 0.6) is 0 Å². The van der Waals surface area contributed by atoms with E-state index in [1.54, 1.807) is 24.3 Å². The van der Waals surface area contributed by atoms with Gasteiger partial charge in [-0.1, -0.05) is 28.1 Å². The highest BCUT2D eigenvalue weighted by Crippen LogP contribution is 2.40. The van der Waals surface area contributed by atoms with Crippen LogP contribution in [0.25, 0.3) is 0 Å². The molecule has 2 N–H and O–H groups in total. The van der Waals surface area contributed by atoms with Crippen molar-refractivity contribution in [1.82, 2.24) is 14.9 Å². The Morgan fingerprint density at radius 1 is 1.31 bits per heavy atom. The zero-order valence-electron chi connectivity index (χ0n) is 15.5. The maximum Gasteiger partial charge on any atom is 0.425 e. The van der Waals surface area contributed by atoms with Crippen molar-refractivity contribution in [3.63, 3.8) is 0 Å². The summed E-state index contributed by atoms with van der Waals surface area (Å²) in [4.78, 5) is 27.7. The maximum absolute atomic E-state index is 13.6. The second kappa shape index (κ2) is 8.95. The van der Waals surface area contributed by atoms with Crippen LogP contribution in [0.2, 0.25) is 0 Å². The number of aryl methyl sites for hydroxylation is 1. The zero-order chi connectivity index (χ0) is 21.8. The minimum Gasteiger partial charge on any atom is -0.469 e. The summed E-state index contributed by atoms with van der Waals surface area (Å²) in [5.41, 5.74) is -3.01. The number of aliphatic hydroxyl groups is 1. The number of ether oxygens (including phenoxy) is 1. The number of halogens is 4. The normalized spacial score (nSPS) is 14.7. The number of methoxy groups -OCH3 is 1. The van der Waals surface area contributed by atoms with E-state index in [1.165, 1.54) is 13.2 Å². The number of alkyl halides is 3. The molecule has 0 saturated heterocycles. The van der Waals surface area contributed by atoms with Crippen LogP contribution in [0.1, 0.15) is 30.3 Å². The third-order valence-electron chi connectivity index (χ3n) is 4.28. The predicted molar refractivity (Wildman–Crippen MR) is 99.4 cm³/mol. The number of imidazole rings is 1. The van der Waals surface area contributed by atoms with Crippen LogP contribution >= 0.6 is 15.9 Å². The molecular weight excluding hydrogens is 459 g/mol. The molecule has 0 fully saturated rings. The summed E-state index contributed by atoms with van der Waals surface area (Å²) in [7, 11) is 2.44. The van der Waals surface area contributed by atoms with E-state index in [0.717, 1.165) is 22.3 Å². The molecule has 1 heterocycles. The van der Waals surface area contributed by atoms with E-state index in [9.17, 15) is 27.9 Å². The largest absolute Gasteiger partial charge is 0.469 e. The van der Waals surface area contributed by atoms with Gasteiger partial charge in [-0.2, -0.15) is 13.2 Å². The molecule has 2 atom stereocenters. The Labute approximate surface area is 173 Å². The van der Waals surface area contributed by atoms with Crippen LogP contribution in [0.3, 0.4) is 0 Å². The van der Waals surface area contributed by atoms with Crippen LogP contribution in [0.4, 0.5) is 13.2 Å². The van der Waals surface area contributed by atoms with E-state index < -0.39 is 41.9 Å². The summed E-state index contributed by atoms with van der Waals surface area (Å²) in [5.74, 6) is -2.48. The molecule has 0 aliphatic carbocycles. The first-order valence-electron chi connectivity index (χ1n) is 8.36. The van der Waals surface area contributed by atoms with Gasteiger partial charge in [0.25, 0.3) is 0 Å². The fourth-order valence-corrected chi connectivity index (χ4v) is 3.01. The van der Waals surface area contributed by atoms with Gasteiger partial charge in [-0.25, -0.2) is 4.98 Å². The lowest BCUT2D eigenvalue weighted by Crippen LogP contribution is -2.48. The number of nitrogens with zero attached hydrogens (tertiary/aromatic N) is 2. The molecule has 0 spiro atoms. The third-order valence-corrected chi connectivity index (χ3v) is 4.81. The first-order chi connectivity index (χ1) is 13.5. The molecule has 1 aromatic carbocycles. The summed E-state index contributed by atoms with van der Waals surface area (Å²) in [6.07, 6.45) is -4.46. The van der Waals surface area contributed by atoms with E-state index in [-0.39, 0.29) is 6.42 Å². The van der Waals surface area contributed by atoms with Crippen molar-refractivity contribution in [2.45, 2.75) is 30.7 Å². The number of rotatable bonds is 7. The molecule has 2 rings (SSSR count). The molecule has 11 heteroatoms. The van der Waals surface area contributed by atoms with Gasteiger partial charge < -0.3 is 19.7 Å². The van der Waals surface area contributed by atoms with E-state index in [2.05, 4.69) is 31.0 Å². The molecule has 0 bridgehead atoms. The number of hydrogen-bond acceptors (Lipinski definition) is 5. The smallest absolute Gasteiger partial charge is 0.425 e. The molecule has 2 aromatic rings. The lowest BCUT2D eigenvalue weighted by Gasteiger charge is -2.30. The van der Waals surface area contributed by atoms with Crippen molar-refractivity contribution in [3.05, 3.63) is 52.5 Å². The summed E-state index contributed by atoms with van der Waals surface area (Å²) in [5, 5.41) is 12.7. The molecular formula is C18H19BrF3N3O4. The Hall–Kier alpha value is -2.40. The van der Waals surface area contributed by atoms with E-state index >= 15 is 0 Å². The SMILES string of the molecule is COC(=O)CC(NC(=O)CC(O)(c1nccn1C)C(F)(F)F)c1ccc(Br)cc1. The average Bonchev–Trinajstić information content (AvgIpc) is 3.07. The number of nitrogens with one attached hydrogen (secondary N) is 1. The molecule has 0 aliphatic heterocycles. The van der Waals surface area contributed by atoms with Gasteiger partial charge in [-0.15, -0.1) is 0 Å². The van der Waals surface area contributed by atoms with E-state index in [0.29, 0.717) is 5.56 Å². The highest BCUT2D eigenvalue weighted by atomic mass is 79.9. The van der Waals surface area contributed by atoms with Crippen LogP contribution in [0, 0.1) is 0 Å². The average molecular weight is 478 g/mol. The maximum atomic E-state index is 13.6. The molecule has 0 saturated carbocycles. The van der Waals surface area contributed by atoms with Gasteiger partial charge in [0.05, 0.1) is 26.0 Å². The van der Waals surface area contributed by atoms with Gasteiger partial charge in [0.15, 0.2) is 5.82 Å². The third kappa shape index (κ3) is 5.36. The number of carbonyl (C=O) groups is 2. The molecule has 1 amide bonds. The first kappa shape index (κ1) is 22.9. The fourth-order valence-electron chi connectivity index (χ4n) is 2.75. The van der Waals surface area contributed by atoms with Crippen molar-refractivity contribution < 1.29 is 32.6 Å². The standard InChI is InChI=1S/C18H19BrF3N3O4/c1-25-8-7-23-16(25)17(28,18(20,21)22)10-14(26)24-13(9-15(27)29-2)11-3-5-12(19)6-4-11/h3-8,13,28H,9-10H2,1-2H3,(H,24,26). The highest BCUT2D eigenvalue weighted by Gasteiger charge is 2.58. The Morgan fingerprint density at radius 2 is 1.93 bits per heavy atom. The van der Waals surface area contributed by atoms with Crippen LogP contribution in [-0.2, 0) is 27.0 Å². The number of aromatic nitrogens is 2. The molecule has 1 aromatic heterocycles. The molecule has 158 valence electrons. The molecule has 0 aliphatic rings. The number of benzene rings is 1. The monoisotopic (exact) mass is 477 g/mol. The Kier molecular flexibility index (Phi) is 7.06. The number of esters is 1. The number of amides is 1. The van der Waals surface area contributed by atoms with Gasteiger partial charge in [0.1, 0.15) is 0 Å². The Morgan fingerprint density at radius 3 is 2.41 bits per heavy atom. The highest BCUT2D eigenvalue weighted by molar-refractivity contribution is 9.10. The molecule has 7 nitrogen and oxygen atoms in total. The fraction of sp³-hybridized carbons (Fsp3) is 0.389. The van der Waals surface area contributed by atoms with Gasteiger partial charge in [-0.3, -0.25) is 9.59 Å². The van der Waals surface area contributed by atoms with Crippen molar-refractivity contribution in [3.8, 4) is 0 Å². The minimum atomic E-state index is -5.15. The van der Waals surface area contributed by atoms with Gasteiger partial charge in [0.2, 0.25) is 11.5 Å². The molecule has 0 radical (unpaired) electrons. The topological polar surface area (TPSA) is 93.4 Å². The first-order valence-corrected chi connectivity index (χ1v) is 9.15. The molecule has 29 heavy (non-hydrogen) atoms. The lowest BCUT2D eigenvalue weighted by molar-refractivity contribution is -0.271. The van der Waals surface area contributed by atoms with Gasteiger partial charge in [0, 0.05) is 23.9 Å². The zero-order valence-corrected chi connectivity index (χ0v) is 17.1. The summed E-state index contributed by atoms with van der Waals surface area (Å²) in [6, 6.07) is 5.58. The summed E-state index contributed by atoms with van der Waals surface area (Å²) in [6.45, 7) is 0. The summed E-state index contributed by atoms with van der Waals surface area (Å²) >= 11 is 3.25. The molecule has 2 unspecified atom stereocenters. The van der Waals surface area contributed by atoms with Crippen LogP contribution in [0.15, 0.2) is 41.1 Å². The predicted octanol–water partition coefficient (Wildman–Crippen LogP) is 2.74. The lowest BCUT2D eigenvalue weighted by atomic mass is 9.96. The minimum absolute atomic E-state index is 0.295. The van der Waals surface area contributed by atoms with Crippen molar-refractivity contribution in [2.75, 3.05) is 7.11 Å². The van der Waals surface area contributed by atoms with Crippen molar-refractivity contribution >= 4 is 27.8 Å². The Balaban J connectivity index is 2.28. The Bertz CT molecular complexity index is 870. The second-order valence-electron chi connectivity index (χ2n) is 6.35. The van der Waals surface area contributed by atoms with E-state index in [1.807, 2.05) is 0 Å². The number of carbonyl (C=O) groups excluding carboxylic acids is 2. The van der Waals surface area contributed by atoms with E-state index in [4.69, 9.17) is 0 Å². The number of hydrogen-bond donors (Lipinski definition) is 2.